The number of guanidine groups is 1. The highest BCUT2D eigenvalue weighted by Gasteiger charge is 2.16. The summed E-state index contributed by atoms with van der Waals surface area (Å²) in [7, 11) is 0. The van der Waals surface area contributed by atoms with E-state index in [4.69, 9.17) is 14.2 Å². The molecule has 0 bridgehead atoms. The van der Waals surface area contributed by atoms with Gasteiger partial charge < -0.3 is 30.2 Å². The van der Waals surface area contributed by atoms with Crippen LogP contribution in [0.1, 0.15) is 47.0 Å². The molecule has 8 heteroatoms. The fourth-order valence-corrected chi connectivity index (χ4v) is 2.35. The largest absolute Gasteiger partial charge is 0.444 e. The molecule has 1 fully saturated rings. The Balaban J connectivity index is 2.10. The van der Waals surface area contributed by atoms with E-state index in [9.17, 15) is 4.79 Å². The number of ether oxygens (including phenoxy) is 3. The van der Waals surface area contributed by atoms with Crippen LogP contribution in [0.25, 0.3) is 0 Å². The first-order valence-corrected chi connectivity index (χ1v) is 9.59. The van der Waals surface area contributed by atoms with Gasteiger partial charge in [-0.15, -0.1) is 0 Å². The van der Waals surface area contributed by atoms with Gasteiger partial charge in [-0.2, -0.15) is 0 Å². The highest BCUT2D eigenvalue weighted by atomic mass is 16.6. The summed E-state index contributed by atoms with van der Waals surface area (Å²) >= 11 is 0. The molecule has 1 aliphatic heterocycles. The molecule has 8 nitrogen and oxygen atoms in total. The van der Waals surface area contributed by atoms with E-state index in [1.807, 2.05) is 27.7 Å². The predicted octanol–water partition coefficient (Wildman–Crippen LogP) is 1.65. The lowest BCUT2D eigenvalue weighted by atomic mass is 10.2. The summed E-state index contributed by atoms with van der Waals surface area (Å²) in [5.41, 5.74) is -0.486. The van der Waals surface area contributed by atoms with Gasteiger partial charge in [0.1, 0.15) is 5.60 Å². The van der Waals surface area contributed by atoms with E-state index in [1.54, 1.807) is 0 Å². The molecule has 1 unspecified atom stereocenters. The number of aliphatic imine (C=N–C) groups is 1. The van der Waals surface area contributed by atoms with E-state index in [-0.39, 0.29) is 6.10 Å². The number of amides is 1. The number of alkyl carbamates (subject to hydrolysis) is 1. The number of hydrogen-bond acceptors (Lipinski definition) is 5. The Bertz CT molecular complexity index is 418. The third-order valence-corrected chi connectivity index (χ3v) is 3.47. The first-order valence-electron chi connectivity index (χ1n) is 9.59. The molecule has 0 aromatic heterocycles. The minimum absolute atomic E-state index is 0.273. The number of rotatable bonds is 10. The Labute approximate surface area is 157 Å². The van der Waals surface area contributed by atoms with Gasteiger partial charge >= 0.3 is 6.09 Å². The van der Waals surface area contributed by atoms with Crippen LogP contribution in [-0.4, -0.2) is 69.8 Å². The minimum atomic E-state index is -0.486. The molecule has 3 N–H and O–H groups in total. The first kappa shape index (κ1) is 22.5. The second-order valence-corrected chi connectivity index (χ2v) is 7.18. The third-order valence-electron chi connectivity index (χ3n) is 3.47. The van der Waals surface area contributed by atoms with Gasteiger partial charge in [-0.25, -0.2) is 4.79 Å². The maximum Gasteiger partial charge on any atom is 0.407 e. The molecular weight excluding hydrogens is 336 g/mol. The van der Waals surface area contributed by atoms with Crippen LogP contribution in [-0.2, 0) is 14.2 Å². The van der Waals surface area contributed by atoms with Crippen LogP contribution in [0.4, 0.5) is 4.79 Å². The zero-order valence-electron chi connectivity index (χ0n) is 16.7. The smallest absolute Gasteiger partial charge is 0.407 e. The third kappa shape index (κ3) is 11.9. The highest BCUT2D eigenvalue weighted by Crippen LogP contribution is 2.11. The van der Waals surface area contributed by atoms with Crippen molar-refractivity contribution in [2.45, 2.75) is 58.7 Å². The summed E-state index contributed by atoms with van der Waals surface area (Å²) < 4.78 is 16.3. The highest BCUT2D eigenvalue weighted by molar-refractivity contribution is 5.79. The zero-order valence-corrected chi connectivity index (χ0v) is 16.7. The lowest BCUT2D eigenvalue weighted by Crippen LogP contribution is -2.42. The minimum Gasteiger partial charge on any atom is -0.444 e. The predicted molar refractivity (Wildman–Crippen MR) is 103 cm³/mol. The zero-order chi connectivity index (χ0) is 19.3. The molecule has 0 aromatic carbocycles. The summed E-state index contributed by atoms with van der Waals surface area (Å²) in [4.78, 5) is 16.1. The summed E-state index contributed by atoms with van der Waals surface area (Å²) in [5, 5.41) is 9.07. The van der Waals surface area contributed by atoms with Gasteiger partial charge in [0.2, 0.25) is 0 Å². The Hall–Kier alpha value is -1.54. The van der Waals surface area contributed by atoms with Crippen molar-refractivity contribution < 1.29 is 19.0 Å². The van der Waals surface area contributed by atoms with Crippen LogP contribution in [0.3, 0.4) is 0 Å². The Morgan fingerprint density at radius 1 is 1.23 bits per heavy atom. The van der Waals surface area contributed by atoms with Gasteiger partial charge in [0.25, 0.3) is 0 Å². The Morgan fingerprint density at radius 3 is 2.65 bits per heavy atom. The molecule has 0 spiro atoms. The molecule has 0 radical (unpaired) electrons. The molecule has 1 rings (SSSR count). The molecule has 0 saturated carbocycles. The van der Waals surface area contributed by atoms with Gasteiger partial charge in [0, 0.05) is 39.4 Å². The first-order chi connectivity index (χ1) is 12.4. The van der Waals surface area contributed by atoms with E-state index in [2.05, 4.69) is 20.9 Å². The van der Waals surface area contributed by atoms with E-state index >= 15 is 0 Å². The average Bonchev–Trinajstić information content (AvgIpc) is 3.06. The fourth-order valence-electron chi connectivity index (χ4n) is 2.35. The molecule has 0 aromatic rings. The molecule has 1 aliphatic rings. The SMILES string of the molecule is CCNC(=NCCCOCC1CCCO1)NCCNC(=O)OC(C)(C)C. The molecule has 1 heterocycles. The standard InChI is InChI=1S/C18H36N4O4/c1-5-19-16(21-10-11-22-17(23)26-18(2,3)4)20-9-7-12-24-14-15-8-6-13-25-15/h15H,5-14H2,1-4H3,(H,22,23)(H2,19,20,21). The van der Waals surface area contributed by atoms with Crippen molar-refractivity contribution in [2.75, 3.05) is 46.0 Å². The van der Waals surface area contributed by atoms with E-state index in [0.717, 1.165) is 38.4 Å². The monoisotopic (exact) mass is 372 g/mol. The van der Waals surface area contributed by atoms with Crippen molar-refractivity contribution in [3.63, 3.8) is 0 Å². The maximum absolute atomic E-state index is 11.6. The number of carbonyl (C=O) groups is 1. The number of carbonyl (C=O) groups excluding carboxylic acids is 1. The van der Waals surface area contributed by atoms with E-state index in [0.29, 0.717) is 32.8 Å². The van der Waals surface area contributed by atoms with Gasteiger partial charge in [-0.05, 0) is 47.0 Å². The topological polar surface area (TPSA) is 93.2 Å². The van der Waals surface area contributed by atoms with Crippen molar-refractivity contribution in [3.8, 4) is 0 Å². The summed E-state index contributed by atoms with van der Waals surface area (Å²) in [6.07, 6.45) is 2.96. The van der Waals surface area contributed by atoms with Crippen molar-refractivity contribution in [1.82, 2.24) is 16.0 Å². The van der Waals surface area contributed by atoms with E-state index < -0.39 is 11.7 Å². The number of nitrogens with zero attached hydrogens (tertiary/aromatic N) is 1. The Morgan fingerprint density at radius 2 is 2.00 bits per heavy atom. The van der Waals surface area contributed by atoms with Crippen LogP contribution >= 0.6 is 0 Å². The number of hydrogen-bond donors (Lipinski definition) is 3. The molecule has 1 amide bonds. The van der Waals surface area contributed by atoms with Gasteiger partial charge in [0.15, 0.2) is 5.96 Å². The van der Waals surface area contributed by atoms with Gasteiger partial charge in [0.05, 0.1) is 12.7 Å². The quantitative estimate of drug-likeness (QED) is 0.307. The second kappa shape index (κ2) is 12.8. The van der Waals surface area contributed by atoms with E-state index in [1.165, 1.54) is 0 Å². The van der Waals surface area contributed by atoms with Crippen LogP contribution in [0.5, 0.6) is 0 Å². The van der Waals surface area contributed by atoms with Gasteiger partial charge in [-0.3, -0.25) is 4.99 Å². The molecule has 0 aliphatic carbocycles. The molecular formula is C18H36N4O4. The second-order valence-electron chi connectivity index (χ2n) is 7.18. The van der Waals surface area contributed by atoms with Crippen molar-refractivity contribution in [3.05, 3.63) is 0 Å². The van der Waals surface area contributed by atoms with Crippen LogP contribution < -0.4 is 16.0 Å². The fraction of sp³-hybridized carbons (Fsp3) is 0.889. The maximum atomic E-state index is 11.6. The van der Waals surface area contributed by atoms with Crippen molar-refractivity contribution >= 4 is 12.1 Å². The molecule has 1 saturated heterocycles. The van der Waals surface area contributed by atoms with Crippen LogP contribution in [0.2, 0.25) is 0 Å². The van der Waals surface area contributed by atoms with Crippen molar-refractivity contribution in [1.29, 1.82) is 0 Å². The Kier molecular flexibility index (Phi) is 11.0. The normalized spacial score (nSPS) is 17.8. The molecule has 152 valence electrons. The number of nitrogens with one attached hydrogen (secondary N) is 3. The lowest BCUT2D eigenvalue weighted by molar-refractivity contribution is 0.0171. The van der Waals surface area contributed by atoms with Gasteiger partial charge in [-0.1, -0.05) is 0 Å². The molecule has 26 heavy (non-hydrogen) atoms. The molecule has 1 atom stereocenters. The summed E-state index contributed by atoms with van der Waals surface area (Å²) in [6, 6.07) is 0. The van der Waals surface area contributed by atoms with Crippen LogP contribution in [0.15, 0.2) is 4.99 Å². The average molecular weight is 373 g/mol. The summed E-state index contributed by atoms with van der Waals surface area (Å²) in [5.74, 6) is 0.734. The van der Waals surface area contributed by atoms with Crippen LogP contribution in [0, 0.1) is 0 Å². The van der Waals surface area contributed by atoms with Crippen molar-refractivity contribution in [2.24, 2.45) is 4.99 Å². The lowest BCUT2D eigenvalue weighted by Gasteiger charge is -2.19. The summed E-state index contributed by atoms with van der Waals surface area (Å²) in [6.45, 7) is 12.2.